The average Bonchev–Trinajstić information content (AvgIpc) is 3.09. The van der Waals surface area contributed by atoms with E-state index in [1.807, 2.05) is 0 Å². The zero-order valence-electron chi connectivity index (χ0n) is 14.0. The van der Waals surface area contributed by atoms with Gasteiger partial charge < -0.3 is 10.4 Å². The Bertz CT molecular complexity index is 857. The van der Waals surface area contributed by atoms with Crippen molar-refractivity contribution in [2.75, 3.05) is 11.9 Å². The zero-order chi connectivity index (χ0) is 18.2. The van der Waals surface area contributed by atoms with Gasteiger partial charge in [0.1, 0.15) is 0 Å². The number of benzene rings is 1. The van der Waals surface area contributed by atoms with Crippen LogP contribution in [0.15, 0.2) is 33.9 Å². The van der Waals surface area contributed by atoms with Crippen molar-refractivity contribution >= 4 is 38.6 Å². The summed E-state index contributed by atoms with van der Waals surface area (Å²) in [6.07, 6.45) is 1.89. The van der Waals surface area contributed by atoms with Crippen LogP contribution in [0.2, 0.25) is 5.02 Å². The van der Waals surface area contributed by atoms with Gasteiger partial charge in [0.25, 0.3) is 0 Å². The Morgan fingerprint density at radius 3 is 2.48 bits per heavy atom. The lowest BCUT2D eigenvalue weighted by molar-refractivity contribution is 0.208. The third kappa shape index (κ3) is 4.17. The number of hydrogen-bond acceptors (Lipinski definition) is 5. The lowest BCUT2D eigenvalue weighted by Crippen LogP contribution is -2.46. The predicted molar refractivity (Wildman–Crippen MR) is 102 cm³/mol. The number of aliphatic hydroxyl groups excluding tert-OH is 1. The van der Waals surface area contributed by atoms with Gasteiger partial charge in [0.05, 0.1) is 27.8 Å². The van der Waals surface area contributed by atoms with E-state index in [1.165, 1.54) is 23.3 Å². The van der Waals surface area contributed by atoms with Crippen LogP contribution in [0.4, 0.5) is 5.69 Å². The summed E-state index contributed by atoms with van der Waals surface area (Å²) in [4.78, 5) is 0.0784. The van der Waals surface area contributed by atoms with E-state index in [0.717, 1.165) is 18.5 Å². The molecule has 0 fully saturated rings. The van der Waals surface area contributed by atoms with Crippen LogP contribution >= 0.6 is 22.9 Å². The van der Waals surface area contributed by atoms with Crippen LogP contribution in [0.1, 0.15) is 25.0 Å². The Balaban J connectivity index is 1.74. The lowest BCUT2D eigenvalue weighted by atomic mass is 10.1. The molecule has 0 atom stereocenters. The van der Waals surface area contributed by atoms with Gasteiger partial charge in [-0.1, -0.05) is 11.6 Å². The smallest absolute Gasteiger partial charge is 0.241 e. The molecule has 3 N–H and O–H groups in total. The van der Waals surface area contributed by atoms with Gasteiger partial charge in [0.15, 0.2) is 0 Å². The molecule has 0 saturated heterocycles. The Labute approximate surface area is 157 Å². The van der Waals surface area contributed by atoms with Crippen LogP contribution in [0, 0.1) is 0 Å². The molecular formula is C17H21ClN2O3S2. The summed E-state index contributed by atoms with van der Waals surface area (Å²) in [5.74, 6) is 0. The van der Waals surface area contributed by atoms with Crippen LogP contribution in [0.25, 0.3) is 0 Å². The van der Waals surface area contributed by atoms with Crippen LogP contribution in [-0.4, -0.2) is 31.7 Å². The third-order valence-electron chi connectivity index (χ3n) is 4.18. The summed E-state index contributed by atoms with van der Waals surface area (Å²) >= 11 is 8.02. The number of thiophene rings is 1. The highest BCUT2D eigenvalue weighted by Crippen LogP contribution is 2.31. The van der Waals surface area contributed by atoms with Crippen molar-refractivity contribution in [1.29, 1.82) is 0 Å². The fourth-order valence-corrected chi connectivity index (χ4v) is 5.49. The molecule has 0 amide bonds. The third-order valence-corrected chi connectivity index (χ3v) is 7.03. The molecule has 0 unspecified atom stereocenters. The molecule has 0 saturated carbocycles. The number of sulfonamides is 1. The fourth-order valence-electron chi connectivity index (χ4n) is 2.87. The van der Waals surface area contributed by atoms with E-state index in [-0.39, 0.29) is 17.5 Å². The minimum Gasteiger partial charge on any atom is -0.394 e. The van der Waals surface area contributed by atoms with E-state index in [1.54, 1.807) is 31.3 Å². The number of hydrogen-bond donors (Lipinski definition) is 3. The van der Waals surface area contributed by atoms with E-state index in [4.69, 9.17) is 11.6 Å². The first-order chi connectivity index (χ1) is 11.7. The molecule has 5 nitrogen and oxygen atoms in total. The van der Waals surface area contributed by atoms with Gasteiger partial charge in [-0.05, 0) is 66.8 Å². The number of fused-ring (bicyclic) bond motifs is 1. The first-order valence-corrected chi connectivity index (χ1v) is 10.8. The van der Waals surface area contributed by atoms with Crippen molar-refractivity contribution in [3.63, 3.8) is 0 Å². The molecule has 0 aliphatic heterocycles. The quantitative estimate of drug-likeness (QED) is 0.696. The summed E-state index contributed by atoms with van der Waals surface area (Å²) in [5.41, 5.74) is 2.52. The Morgan fingerprint density at radius 2 is 1.92 bits per heavy atom. The highest BCUT2D eigenvalue weighted by Gasteiger charge is 2.27. The summed E-state index contributed by atoms with van der Waals surface area (Å²) in [6, 6.07) is 4.91. The fraction of sp³-hybridized carbons (Fsp3) is 0.412. The van der Waals surface area contributed by atoms with Gasteiger partial charge >= 0.3 is 0 Å². The number of nitrogens with one attached hydrogen (secondary N) is 2. The van der Waals surface area contributed by atoms with Crippen molar-refractivity contribution in [1.82, 2.24) is 4.72 Å². The largest absolute Gasteiger partial charge is 0.394 e. The minimum absolute atomic E-state index is 0.0784. The molecule has 1 aromatic carbocycles. The second kappa shape index (κ2) is 6.89. The van der Waals surface area contributed by atoms with Gasteiger partial charge in [-0.3, -0.25) is 0 Å². The van der Waals surface area contributed by atoms with Gasteiger partial charge in [-0.25, -0.2) is 13.1 Å². The van der Waals surface area contributed by atoms with Gasteiger partial charge in [-0.15, -0.1) is 0 Å². The molecule has 25 heavy (non-hydrogen) atoms. The molecule has 8 heteroatoms. The summed E-state index contributed by atoms with van der Waals surface area (Å²) in [5, 5.41) is 17.4. The van der Waals surface area contributed by atoms with Gasteiger partial charge in [0.2, 0.25) is 10.0 Å². The maximum absolute atomic E-state index is 12.4. The van der Waals surface area contributed by atoms with Crippen molar-refractivity contribution in [3.8, 4) is 0 Å². The maximum atomic E-state index is 12.4. The molecule has 0 bridgehead atoms. The number of halogens is 1. The van der Waals surface area contributed by atoms with Crippen LogP contribution in [-0.2, 0) is 22.9 Å². The molecular weight excluding hydrogens is 380 g/mol. The number of anilines is 1. The normalized spacial score (nSPS) is 15.4. The standard InChI is InChI=1S/C17H21ClN2O3S2/c1-17(2,10-21)20-25(22,23)14-3-4-16(15(18)7-14)19-13-5-11-8-24-9-12(11)6-13/h3-4,7-9,13,19-21H,5-6,10H2,1-2H3. The second-order valence-corrected chi connectivity index (χ2v) is 9.79. The summed E-state index contributed by atoms with van der Waals surface area (Å²) in [6.45, 7) is 2.92. The molecule has 0 radical (unpaired) electrons. The number of aliphatic hydroxyl groups is 1. The first kappa shape index (κ1) is 18.7. The highest BCUT2D eigenvalue weighted by atomic mass is 35.5. The lowest BCUT2D eigenvalue weighted by Gasteiger charge is -2.23. The zero-order valence-corrected chi connectivity index (χ0v) is 16.4. The predicted octanol–water partition coefficient (Wildman–Crippen LogP) is 3.03. The van der Waals surface area contributed by atoms with Gasteiger partial charge in [-0.2, -0.15) is 11.3 Å². The molecule has 2 aromatic rings. The topological polar surface area (TPSA) is 78.4 Å². The highest BCUT2D eigenvalue weighted by molar-refractivity contribution is 7.89. The van der Waals surface area contributed by atoms with Crippen LogP contribution in [0.5, 0.6) is 0 Å². The van der Waals surface area contributed by atoms with Crippen LogP contribution < -0.4 is 10.0 Å². The number of rotatable bonds is 6. The molecule has 3 rings (SSSR count). The van der Waals surface area contributed by atoms with E-state index in [0.29, 0.717) is 5.02 Å². The van der Waals surface area contributed by atoms with Gasteiger partial charge in [0, 0.05) is 6.04 Å². The Hall–Kier alpha value is -1.12. The molecule has 1 aliphatic carbocycles. The monoisotopic (exact) mass is 400 g/mol. The molecule has 1 aliphatic rings. The molecule has 1 aromatic heterocycles. The minimum atomic E-state index is -3.75. The van der Waals surface area contributed by atoms with Crippen molar-refractivity contribution in [2.45, 2.75) is 43.2 Å². The first-order valence-electron chi connectivity index (χ1n) is 7.95. The molecule has 136 valence electrons. The van der Waals surface area contributed by atoms with Crippen LogP contribution in [0.3, 0.4) is 0 Å². The van der Waals surface area contributed by atoms with Crippen molar-refractivity contribution < 1.29 is 13.5 Å². The summed E-state index contributed by atoms with van der Waals surface area (Å²) in [7, 11) is -3.75. The molecule has 1 heterocycles. The average molecular weight is 401 g/mol. The Morgan fingerprint density at radius 1 is 1.28 bits per heavy atom. The summed E-state index contributed by atoms with van der Waals surface area (Å²) < 4.78 is 27.3. The van der Waals surface area contributed by atoms with E-state index in [9.17, 15) is 13.5 Å². The molecule has 0 spiro atoms. The van der Waals surface area contributed by atoms with E-state index >= 15 is 0 Å². The van der Waals surface area contributed by atoms with Crippen molar-refractivity contribution in [3.05, 3.63) is 45.1 Å². The Kier molecular flexibility index (Phi) is 5.14. The van der Waals surface area contributed by atoms with E-state index in [2.05, 4.69) is 20.8 Å². The van der Waals surface area contributed by atoms with Crippen molar-refractivity contribution in [2.24, 2.45) is 0 Å². The maximum Gasteiger partial charge on any atom is 0.241 e. The van der Waals surface area contributed by atoms with E-state index < -0.39 is 15.6 Å². The second-order valence-electron chi connectivity index (χ2n) is 6.96. The SMILES string of the molecule is CC(C)(CO)NS(=O)(=O)c1ccc(NC2Cc3cscc3C2)c(Cl)c1.